The zero-order valence-corrected chi connectivity index (χ0v) is 12.3. The van der Waals surface area contributed by atoms with E-state index in [-0.39, 0.29) is 5.97 Å². The Kier molecular flexibility index (Phi) is 4.36. The normalized spacial score (nSPS) is 23.3. The van der Waals surface area contributed by atoms with Gasteiger partial charge in [0.15, 0.2) is 0 Å². The second-order valence-corrected chi connectivity index (χ2v) is 5.43. The highest BCUT2D eigenvalue weighted by molar-refractivity contribution is 5.90. The number of carbonyl (C=O) groups excluding carboxylic acids is 1. The lowest BCUT2D eigenvalue weighted by atomic mass is 10.2. The third-order valence-corrected chi connectivity index (χ3v) is 4.22. The topological polar surface area (TPSA) is 54.9 Å². The van der Waals surface area contributed by atoms with E-state index in [0.717, 1.165) is 51.6 Å². The van der Waals surface area contributed by atoms with Crippen LogP contribution in [0.15, 0.2) is 18.3 Å². The molecule has 3 rings (SSSR count). The number of pyridine rings is 1. The van der Waals surface area contributed by atoms with Gasteiger partial charge in [-0.3, -0.25) is 4.90 Å². The van der Waals surface area contributed by atoms with E-state index in [1.807, 2.05) is 6.07 Å². The van der Waals surface area contributed by atoms with Crippen molar-refractivity contribution in [3.63, 3.8) is 0 Å². The Hall–Kier alpha value is -1.66. The van der Waals surface area contributed by atoms with E-state index in [4.69, 9.17) is 9.47 Å². The van der Waals surface area contributed by atoms with Crippen molar-refractivity contribution >= 4 is 11.8 Å². The van der Waals surface area contributed by atoms with Gasteiger partial charge in [0.2, 0.25) is 0 Å². The van der Waals surface area contributed by atoms with Gasteiger partial charge in [-0.05, 0) is 18.6 Å². The molecule has 0 radical (unpaired) electrons. The summed E-state index contributed by atoms with van der Waals surface area (Å²) in [5, 5.41) is 0. The fourth-order valence-corrected chi connectivity index (χ4v) is 3.03. The van der Waals surface area contributed by atoms with E-state index in [0.29, 0.717) is 11.6 Å². The average molecular weight is 291 g/mol. The number of esters is 1. The summed E-state index contributed by atoms with van der Waals surface area (Å²) < 4.78 is 10.2. The van der Waals surface area contributed by atoms with Crippen molar-refractivity contribution in [2.75, 3.05) is 51.4 Å². The molecule has 0 bridgehead atoms. The number of rotatable bonds is 3. The first-order valence-electron chi connectivity index (χ1n) is 7.39. The van der Waals surface area contributed by atoms with Crippen LogP contribution < -0.4 is 4.90 Å². The van der Waals surface area contributed by atoms with Crippen LogP contribution in [-0.4, -0.2) is 68.4 Å². The average Bonchev–Trinajstić information content (AvgIpc) is 3.05. The number of hydrogen-bond acceptors (Lipinski definition) is 6. The largest absolute Gasteiger partial charge is 0.465 e. The molecule has 2 aliphatic rings. The van der Waals surface area contributed by atoms with E-state index in [9.17, 15) is 4.79 Å². The molecule has 0 spiro atoms. The number of methoxy groups -OCH3 is 1. The molecule has 2 aliphatic heterocycles. The maximum absolute atomic E-state index is 11.6. The Morgan fingerprint density at radius 3 is 2.95 bits per heavy atom. The molecule has 1 aromatic heterocycles. The fourth-order valence-electron chi connectivity index (χ4n) is 3.03. The summed E-state index contributed by atoms with van der Waals surface area (Å²) in [4.78, 5) is 20.7. The highest BCUT2D eigenvalue weighted by atomic mass is 16.5. The van der Waals surface area contributed by atoms with Crippen molar-refractivity contribution in [1.29, 1.82) is 0 Å². The highest BCUT2D eigenvalue weighted by Gasteiger charge is 2.29. The number of ether oxygens (including phenoxy) is 2. The number of hydrogen-bond donors (Lipinski definition) is 0. The number of morpholine rings is 1. The molecule has 1 aromatic rings. The molecule has 1 atom stereocenters. The minimum absolute atomic E-state index is 0.317. The van der Waals surface area contributed by atoms with Gasteiger partial charge in [-0.25, -0.2) is 9.78 Å². The lowest BCUT2D eigenvalue weighted by Crippen LogP contribution is -2.44. The zero-order valence-electron chi connectivity index (χ0n) is 12.3. The van der Waals surface area contributed by atoms with Crippen molar-refractivity contribution in [3.05, 3.63) is 23.9 Å². The number of nitrogens with zero attached hydrogens (tertiary/aromatic N) is 3. The minimum Gasteiger partial charge on any atom is -0.465 e. The third kappa shape index (κ3) is 3.16. The molecule has 0 aliphatic carbocycles. The molecule has 2 saturated heterocycles. The predicted molar refractivity (Wildman–Crippen MR) is 78.6 cm³/mol. The summed E-state index contributed by atoms with van der Waals surface area (Å²) in [6, 6.07) is 4.05. The van der Waals surface area contributed by atoms with Gasteiger partial charge >= 0.3 is 5.97 Å². The molecule has 0 N–H and O–H groups in total. The van der Waals surface area contributed by atoms with Gasteiger partial charge in [-0.1, -0.05) is 0 Å². The second-order valence-electron chi connectivity index (χ2n) is 5.43. The Morgan fingerprint density at radius 2 is 2.19 bits per heavy atom. The fraction of sp³-hybridized carbons (Fsp3) is 0.600. The van der Waals surface area contributed by atoms with Gasteiger partial charge < -0.3 is 14.4 Å². The van der Waals surface area contributed by atoms with E-state index in [2.05, 4.69) is 14.8 Å². The molecule has 1 unspecified atom stereocenters. The van der Waals surface area contributed by atoms with Crippen molar-refractivity contribution in [2.45, 2.75) is 12.5 Å². The predicted octanol–water partition coefficient (Wildman–Crippen LogP) is 0.779. The van der Waals surface area contributed by atoms with Gasteiger partial charge in [0.05, 0.1) is 25.9 Å². The molecular formula is C15H21N3O3. The quantitative estimate of drug-likeness (QED) is 0.767. The summed E-state index contributed by atoms with van der Waals surface area (Å²) in [6.07, 6.45) is 2.80. The second kappa shape index (κ2) is 6.41. The monoisotopic (exact) mass is 291 g/mol. The van der Waals surface area contributed by atoms with Crippen molar-refractivity contribution in [3.8, 4) is 0 Å². The third-order valence-electron chi connectivity index (χ3n) is 4.22. The minimum atomic E-state index is -0.317. The van der Waals surface area contributed by atoms with Gasteiger partial charge in [0.1, 0.15) is 5.82 Å². The summed E-state index contributed by atoms with van der Waals surface area (Å²) in [6.45, 7) is 5.60. The first kappa shape index (κ1) is 14.3. The summed E-state index contributed by atoms with van der Waals surface area (Å²) >= 11 is 0. The van der Waals surface area contributed by atoms with Gasteiger partial charge in [0.25, 0.3) is 0 Å². The van der Waals surface area contributed by atoms with E-state index in [1.165, 1.54) is 7.11 Å². The maximum Gasteiger partial charge on any atom is 0.338 e. The van der Waals surface area contributed by atoms with Crippen molar-refractivity contribution in [2.24, 2.45) is 0 Å². The van der Waals surface area contributed by atoms with Gasteiger partial charge in [-0.2, -0.15) is 0 Å². The zero-order chi connectivity index (χ0) is 14.7. The molecule has 0 saturated carbocycles. The standard InChI is InChI=1S/C15H21N3O3/c1-20-15(19)12-2-4-16-14(10-12)18-5-3-13(11-18)17-6-8-21-9-7-17/h2,4,10,13H,3,5-9,11H2,1H3. The lowest BCUT2D eigenvalue weighted by Gasteiger charge is -2.32. The molecule has 3 heterocycles. The van der Waals surface area contributed by atoms with E-state index >= 15 is 0 Å². The Labute approximate surface area is 124 Å². The summed E-state index contributed by atoms with van der Waals surface area (Å²) in [5.74, 6) is 0.538. The first-order chi connectivity index (χ1) is 10.3. The van der Waals surface area contributed by atoms with Crippen LogP contribution in [0.2, 0.25) is 0 Å². The highest BCUT2D eigenvalue weighted by Crippen LogP contribution is 2.22. The van der Waals surface area contributed by atoms with Crippen LogP contribution in [0, 0.1) is 0 Å². The maximum atomic E-state index is 11.6. The van der Waals surface area contributed by atoms with Crippen LogP contribution in [-0.2, 0) is 9.47 Å². The molecule has 2 fully saturated rings. The molecule has 0 aromatic carbocycles. The Morgan fingerprint density at radius 1 is 1.38 bits per heavy atom. The molecule has 0 amide bonds. The first-order valence-corrected chi connectivity index (χ1v) is 7.39. The van der Waals surface area contributed by atoms with Crippen molar-refractivity contribution in [1.82, 2.24) is 9.88 Å². The Bertz CT molecular complexity index is 503. The SMILES string of the molecule is COC(=O)c1ccnc(N2CCC(N3CCOCC3)C2)c1. The van der Waals surface area contributed by atoms with Crippen LogP contribution >= 0.6 is 0 Å². The van der Waals surface area contributed by atoms with Crippen LogP contribution in [0.5, 0.6) is 0 Å². The smallest absolute Gasteiger partial charge is 0.338 e. The van der Waals surface area contributed by atoms with Crippen LogP contribution in [0.1, 0.15) is 16.8 Å². The Balaban J connectivity index is 1.66. The summed E-state index contributed by atoms with van der Waals surface area (Å²) in [5.41, 5.74) is 0.553. The lowest BCUT2D eigenvalue weighted by molar-refractivity contribution is 0.0209. The number of aromatic nitrogens is 1. The van der Waals surface area contributed by atoms with Crippen LogP contribution in [0.4, 0.5) is 5.82 Å². The molecule has 21 heavy (non-hydrogen) atoms. The van der Waals surface area contributed by atoms with Crippen LogP contribution in [0.25, 0.3) is 0 Å². The van der Waals surface area contributed by atoms with E-state index in [1.54, 1.807) is 12.3 Å². The van der Waals surface area contributed by atoms with E-state index < -0.39 is 0 Å². The molecule has 114 valence electrons. The molecular weight excluding hydrogens is 270 g/mol. The molecule has 6 heteroatoms. The number of anilines is 1. The number of carbonyl (C=O) groups is 1. The van der Waals surface area contributed by atoms with Gasteiger partial charge in [-0.15, -0.1) is 0 Å². The van der Waals surface area contributed by atoms with Crippen LogP contribution in [0.3, 0.4) is 0 Å². The van der Waals surface area contributed by atoms with Crippen molar-refractivity contribution < 1.29 is 14.3 Å². The van der Waals surface area contributed by atoms with Gasteiger partial charge in [0, 0.05) is 38.4 Å². The summed E-state index contributed by atoms with van der Waals surface area (Å²) in [7, 11) is 1.40. The molecule has 6 nitrogen and oxygen atoms in total.